The highest BCUT2D eigenvalue weighted by atomic mass is 32.2. The molecule has 0 radical (unpaired) electrons. The standard InChI is InChI=1S/C22H25N3O2S2/c1-14-7-8-17(12-15(14)2)25-21(27)20-18(9-11-28-20)23-22(25)29-13-19(26)24-10-5-4-6-16(24)3/h7-9,11-12,16H,4-6,10,13H2,1-3H3/t16-/m1/s1. The lowest BCUT2D eigenvalue weighted by atomic mass is 10.0. The van der Waals surface area contributed by atoms with Crippen LogP contribution in [-0.2, 0) is 4.79 Å². The highest BCUT2D eigenvalue weighted by Crippen LogP contribution is 2.26. The summed E-state index contributed by atoms with van der Waals surface area (Å²) in [5.74, 6) is 0.408. The van der Waals surface area contributed by atoms with Crippen LogP contribution in [0.25, 0.3) is 15.9 Å². The second-order valence-corrected chi connectivity index (χ2v) is 9.52. The topological polar surface area (TPSA) is 55.2 Å². The molecule has 1 atom stereocenters. The molecule has 1 aliphatic rings. The Kier molecular flexibility index (Phi) is 5.79. The van der Waals surface area contributed by atoms with Crippen molar-refractivity contribution in [2.45, 2.75) is 51.2 Å². The minimum absolute atomic E-state index is 0.0745. The second kappa shape index (κ2) is 8.32. The van der Waals surface area contributed by atoms with E-state index < -0.39 is 0 Å². The average Bonchev–Trinajstić information content (AvgIpc) is 3.18. The van der Waals surface area contributed by atoms with Gasteiger partial charge < -0.3 is 4.90 Å². The molecule has 0 bridgehead atoms. The predicted molar refractivity (Wildman–Crippen MR) is 120 cm³/mol. The number of piperidine rings is 1. The van der Waals surface area contributed by atoms with Crippen molar-refractivity contribution in [3.05, 3.63) is 51.1 Å². The molecule has 1 saturated heterocycles. The Labute approximate surface area is 178 Å². The number of hydrogen-bond donors (Lipinski definition) is 0. The molecule has 0 saturated carbocycles. The number of carbonyl (C=O) groups is 1. The fraction of sp³-hybridized carbons (Fsp3) is 0.409. The van der Waals surface area contributed by atoms with Gasteiger partial charge in [-0.3, -0.25) is 14.2 Å². The van der Waals surface area contributed by atoms with Crippen molar-refractivity contribution in [3.8, 4) is 5.69 Å². The molecular weight excluding hydrogens is 402 g/mol. The lowest BCUT2D eigenvalue weighted by Gasteiger charge is -2.33. The molecule has 7 heteroatoms. The zero-order valence-electron chi connectivity index (χ0n) is 17.0. The largest absolute Gasteiger partial charge is 0.339 e. The van der Waals surface area contributed by atoms with Crippen LogP contribution in [0, 0.1) is 13.8 Å². The number of thioether (sulfide) groups is 1. The molecule has 29 heavy (non-hydrogen) atoms. The number of benzene rings is 1. The van der Waals surface area contributed by atoms with Crippen molar-refractivity contribution in [1.29, 1.82) is 0 Å². The van der Waals surface area contributed by atoms with Gasteiger partial charge in [0.25, 0.3) is 5.56 Å². The summed E-state index contributed by atoms with van der Waals surface area (Å²) in [7, 11) is 0. The van der Waals surface area contributed by atoms with Crippen molar-refractivity contribution in [2.75, 3.05) is 12.3 Å². The summed E-state index contributed by atoms with van der Waals surface area (Å²) in [5, 5.41) is 2.46. The summed E-state index contributed by atoms with van der Waals surface area (Å²) in [6, 6.07) is 8.13. The third-order valence-corrected chi connectivity index (χ3v) is 7.46. The smallest absolute Gasteiger partial charge is 0.276 e. The Balaban J connectivity index is 1.70. The summed E-state index contributed by atoms with van der Waals surface area (Å²) >= 11 is 2.76. The number of thiophene rings is 1. The first-order valence-electron chi connectivity index (χ1n) is 9.96. The molecule has 2 aromatic heterocycles. The van der Waals surface area contributed by atoms with E-state index in [0.717, 1.165) is 30.6 Å². The fourth-order valence-corrected chi connectivity index (χ4v) is 5.42. The number of carbonyl (C=O) groups excluding carboxylic acids is 1. The van der Waals surface area contributed by atoms with Gasteiger partial charge in [0.05, 0.1) is 17.0 Å². The van der Waals surface area contributed by atoms with Crippen LogP contribution >= 0.6 is 23.1 Å². The van der Waals surface area contributed by atoms with E-state index in [9.17, 15) is 9.59 Å². The van der Waals surface area contributed by atoms with Gasteiger partial charge in [-0.05, 0) is 74.7 Å². The first-order valence-corrected chi connectivity index (χ1v) is 11.8. The van der Waals surface area contributed by atoms with Gasteiger partial charge in [0.2, 0.25) is 5.91 Å². The van der Waals surface area contributed by atoms with Crippen LogP contribution in [0.2, 0.25) is 0 Å². The number of rotatable bonds is 4. The number of amides is 1. The van der Waals surface area contributed by atoms with E-state index in [4.69, 9.17) is 4.98 Å². The summed E-state index contributed by atoms with van der Waals surface area (Å²) in [4.78, 5) is 32.7. The van der Waals surface area contributed by atoms with Gasteiger partial charge >= 0.3 is 0 Å². The molecule has 5 nitrogen and oxygen atoms in total. The quantitative estimate of drug-likeness (QED) is 0.453. The van der Waals surface area contributed by atoms with Crippen molar-refractivity contribution in [1.82, 2.24) is 14.5 Å². The zero-order chi connectivity index (χ0) is 20.5. The third kappa shape index (κ3) is 3.98. The van der Waals surface area contributed by atoms with E-state index in [-0.39, 0.29) is 23.3 Å². The van der Waals surface area contributed by atoms with Crippen LogP contribution in [0.1, 0.15) is 37.3 Å². The van der Waals surface area contributed by atoms with Gasteiger partial charge in [-0.15, -0.1) is 11.3 Å². The van der Waals surface area contributed by atoms with E-state index in [0.29, 0.717) is 15.4 Å². The Morgan fingerprint density at radius 2 is 2.07 bits per heavy atom. The highest BCUT2D eigenvalue weighted by molar-refractivity contribution is 7.99. The summed E-state index contributed by atoms with van der Waals surface area (Å²) in [5.41, 5.74) is 3.71. The molecule has 1 amide bonds. The first kappa shape index (κ1) is 20.2. The third-order valence-electron chi connectivity index (χ3n) is 5.65. The maximum Gasteiger partial charge on any atom is 0.276 e. The molecule has 1 fully saturated rings. The van der Waals surface area contributed by atoms with Crippen molar-refractivity contribution in [3.63, 3.8) is 0 Å². The van der Waals surface area contributed by atoms with Crippen molar-refractivity contribution < 1.29 is 4.79 Å². The molecule has 1 aliphatic heterocycles. The molecule has 3 heterocycles. The zero-order valence-corrected chi connectivity index (χ0v) is 18.6. The summed E-state index contributed by atoms with van der Waals surface area (Å²) in [6.07, 6.45) is 3.30. The molecule has 4 rings (SSSR count). The first-order chi connectivity index (χ1) is 14.0. The van der Waals surface area contributed by atoms with E-state index in [1.807, 2.05) is 41.5 Å². The van der Waals surface area contributed by atoms with E-state index in [2.05, 4.69) is 13.8 Å². The van der Waals surface area contributed by atoms with E-state index in [1.54, 1.807) is 4.57 Å². The van der Waals surface area contributed by atoms with Crippen LogP contribution in [0.4, 0.5) is 0 Å². The highest BCUT2D eigenvalue weighted by Gasteiger charge is 2.24. The Morgan fingerprint density at radius 3 is 2.83 bits per heavy atom. The minimum atomic E-state index is -0.0745. The minimum Gasteiger partial charge on any atom is -0.339 e. The lowest BCUT2D eigenvalue weighted by Crippen LogP contribution is -2.43. The SMILES string of the molecule is Cc1ccc(-n2c(SCC(=O)N3CCCC[C@H]3C)nc3ccsc3c2=O)cc1C. The second-order valence-electron chi connectivity index (χ2n) is 7.66. The normalized spacial score (nSPS) is 17.1. The monoisotopic (exact) mass is 427 g/mol. The predicted octanol–water partition coefficient (Wildman–Crippen LogP) is 4.56. The maximum absolute atomic E-state index is 13.2. The van der Waals surface area contributed by atoms with Gasteiger partial charge in [0.15, 0.2) is 5.16 Å². The number of hydrogen-bond acceptors (Lipinski definition) is 5. The molecule has 0 spiro atoms. The molecule has 0 N–H and O–H groups in total. The molecule has 3 aromatic rings. The van der Waals surface area contributed by atoms with E-state index >= 15 is 0 Å². The van der Waals surface area contributed by atoms with Crippen LogP contribution in [0.3, 0.4) is 0 Å². The van der Waals surface area contributed by atoms with Crippen LogP contribution in [-0.4, -0.2) is 38.7 Å². The molecule has 0 aliphatic carbocycles. The number of aryl methyl sites for hydroxylation is 2. The number of aromatic nitrogens is 2. The lowest BCUT2D eigenvalue weighted by molar-refractivity contribution is -0.131. The molecule has 0 unspecified atom stereocenters. The fourth-order valence-electron chi connectivity index (χ4n) is 3.76. The molecular formula is C22H25N3O2S2. The van der Waals surface area contributed by atoms with Gasteiger partial charge in [0, 0.05) is 12.6 Å². The van der Waals surface area contributed by atoms with Crippen LogP contribution in [0.5, 0.6) is 0 Å². The van der Waals surface area contributed by atoms with Gasteiger partial charge in [-0.25, -0.2) is 4.98 Å². The molecule has 1 aromatic carbocycles. The Morgan fingerprint density at radius 1 is 1.24 bits per heavy atom. The van der Waals surface area contributed by atoms with Gasteiger partial charge in [0.1, 0.15) is 4.70 Å². The van der Waals surface area contributed by atoms with Crippen molar-refractivity contribution >= 4 is 39.2 Å². The summed E-state index contributed by atoms with van der Waals surface area (Å²) < 4.78 is 2.30. The Bertz CT molecular complexity index is 1120. The summed E-state index contributed by atoms with van der Waals surface area (Å²) in [6.45, 7) is 7.02. The van der Waals surface area contributed by atoms with Crippen LogP contribution in [0.15, 0.2) is 39.6 Å². The van der Waals surface area contributed by atoms with Gasteiger partial charge in [-0.1, -0.05) is 17.8 Å². The van der Waals surface area contributed by atoms with Crippen molar-refractivity contribution in [2.24, 2.45) is 0 Å². The van der Waals surface area contributed by atoms with Crippen LogP contribution < -0.4 is 5.56 Å². The molecule has 152 valence electrons. The van der Waals surface area contributed by atoms with Gasteiger partial charge in [-0.2, -0.15) is 0 Å². The Hall–Kier alpha value is -2.12. The maximum atomic E-state index is 13.2. The number of likely N-dealkylation sites (tertiary alicyclic amines) is 1. The number of nitrogens with zero attached hydrogens (tertiary/aromatic N) is 3. The number of fused-ring (bicyclic) bond motifs is 1. The van der Waals surface area contributed by atoms with E-state index in [1.165, 1.54) is 35.1 Å². The average molecular weight is 428 g/mol.